The van der Waals surface area contributed by atoms with Crippen LogP contribution in [0.4, 0.5) is 5.69 Å². The Morgan fingerprint density at radius 2 is 1.81 bits per heavy atom. The van der Waals surface area contributed by atoms with Crippen LogP contribution >= 0.6 is 11.8 Å². The lowest BCUT2D eigenvalue weighted by atomic mass is 9.66. The maximum atomic E-state index is 14.7. The number of carbonyl (C=O) groups excluding carboxylic acids is 3. The number of hydrogen-bond acceptors (Lipinski definition) is 5. The minimum Gasteiger partial charge on any atom is -0.394 e. The van der Waals surface area contributed by atoms with Gasteiger partial charge in [0.25, 0.3) is 0 Å². The van der Waals surface area contributed by atoms with Crippen molar-refractivity contribution in [3.05, 3.63) is 55.6 Å². The zero-order valence-corrected chi connectivity index (χ0v) is 26.7. The molecule has 2 unspecified atom stereocenters. The number of anilines is 1. The molecule has 230 valence electrons. The third-order valence-electron chi connectivity index (χ3n) is 9.90. The SMILES string of the molecule is C=CCN(CCCCC)C(=O)C1N([C@@H](CO)[C@@H](C)CC)C(=O)[C@@H]2[C@@H](C(=O)N(CC=C)c3ccccc3)[C@@]3(C)CCC12S3. The summed E-state index contributed by atoms with van der Waals surface area (Å²) in [6.45, 7) is 17.2. The van der Waals surface area contributed by atoms with Crippen LogP contribution in [0.1, 0.15) is 66.2 Å². The number of unbranched alkanes of at least 4 members (excludes halogenated alkanes) is 2. The number of benzene rings is 1. The zero-order valence-electron chi connectivity index (χ0n) is 25.8. The van der Waals surface area contributed by atoms with E-state index in [0.717, 1.165) is 37.8 Å². The van der Waals surface area contributed by atoms with Gasteiger partial charge in [0.15, 0.2) is 0 Å². The Hall–Kier alpha value is -2.58. The predicted molar refractivity (Wildman–Crippen MR) is 171 cm³/mol. The average Bonchev–Trinajstić information content (AvgIpc) is 3.56. The molecule has 8 heteroatoms. The van der Waals surface area contributed by atoms with Crippen molar-refractivity contribution in [2.45, 2.75) is 87.8 Å². The Morgan fingerprint density at radius 1 is 1.12 bits per heavy atom. The first kappa shape index (κ1) is 32.3. The van der Waals surface area contributed by atoms with Crippen molar-refractivity contribution in [1.82, 2.24) is 9.80 Å². The van der Waals surface area contributed by atoms with E-state index < -0.39 is 33.4 Å². The number of fused-ring (bicyclic) bond motifs is 1. The number of likely N-dealkylation sites (tertiary alicyclic amines) is 1. The molecule has 3 aliphatic rings. The summed E-state index contributed by atoms with van der Waals surface area (Å²) in [6, 6.07) is 8.29. The van der Waals surface area contributed by atoms with Gasteiger partial charge < -0.3 is 19.8 Å². The van der Waals surface area contributed by atoms with E-state index in [4.69, 9.17) is 0 Å². The van der Waals surface area contributed by atoms with E-state index >= 15 is 0 Å². The van der Waals surface area contributed by atoms with Crippen molar-refractivity contribution >= 4 is 35.2 Å². The largest absolute Gasteiger partial charge is 0.394 e. The Kier molecular flexibility index (Phi) is 10.3. The smallest absolute Gasteiger partial charge is 0.247 e. The van der Waals surface area contributed by atoms with Crippen LogP contribution in [0.5, 0.6) is 0 Å². The molecule has 0 radical (unpaired) electrons. The van der Waals surface area contributed by atoms with Crippen LogP contribution in [0, 0.1) is 17.8 Å². The summed E-state index contributed by atoms with van der Waals surface area (Å²) < 4.78 is -1.21. The maximum Gasteiger partial charge on any atom is 0.247 e. The summed E-state index contributed by atoms with van der Waals surface area (Å²) in [6.07, 6.45) is 8.58. The first-order valence-corrected chi connectivity index (χ1v) is 16.5. The first-order valence-electron chi connectivity index (χ1n) is 15.7. The fraction of sp³-hybridized carbons (Fsp3) is 0.618. The number of amides is 3. The van der Waals surface area contributed by atoms with Crippen molar-refractivity contribution in [2.75, 3.05) is 31.1 Å². The van der Waals surface area contributed by atoms with Gasteiger partial charge in [0, 0.05) is 30.1 Å². The van der Waals surface area contributed by atoms with Gasteiger partial charge in [-0.2, -0.15) is 0 Å². The summed E-state index contributed by atoms with van der Waals surface area (Å²) in [5.74, 6) is -1.59. The summed E-state index contributed by atoms with van der Waals surface area (Å²) in [5.41, 5.74) is 0.767. The van der Waals surface area contributed by atoms with Crippen molar-refractivity contribution in [3.63, 3.8) is 0 Å². The lowest BCUT2D eigenvalue weighted by Crippen LogP contribution is -2.58. The number of para-hydroxylation sites is 1. The number of aliphatic hydroxyl groups is 1. The van der Waals surface area contributed by atoms with Crippen molar-refractivity contribution in [1.29, 1.82) is 0 Å². The van der Waals surface area contributed by atoms with Gasteiger partial charge in [0.1, 0.15) is 6.04 Å². The number of thioether (sulfide) groups is 1. The van der Waals surface area contributed by atoms with Crippen molar-refractivity contribution in [3.8, 4) is 0 Å². The molecule has 3 aliphatic heterocycles. The van der Waals surface area contributed by atoms with Crippen LogP contribution in [0.2, 0.25) is 0 Å². The van der Waals surface area contributed by atoms with E-state index in [1.165, 1.54) is 0 Å². The molecule has 2 bridgehead atoms. The van der Waals surface area contributed by atoms with Gasteiger partial charge >= 0.3 is 0 Å². The van der Waals surface area contributed by atoms with Crippen LogP contribution in [-0.2, 0) is 14.4 Å². The third kappa shape index (κ3) is 5.45. The molecule has 0 aromatic heterocycles. The molecule has 1 N–H and O–H groups in total. The van der Waals surface area contributed by atoms with Gasteiger partial charge in [-0.15, -0.1) is 24.9 Å². The Labute approximate surface area is 256 Å². The molecule has 3 amide bonds. The minimum absolute atomic E-state index is 0.00839. The Bertz CT molecular complexity index is 1160. The van der Waals surface area contributed by atoms with Gasteiger partial charge in [0.05, 0.1) is 29.2 Å². The quantitative estimate of drug-likeness (QED) is 0.220. The van der Waals surface area contributed by atoms with E-state index in [2.05, 4.69) is 27.0 Å². The van der Waals surface area contributed by atoms with Crippen LogP contribution in [0.15, 0.2) is 55.6 Å². The Balaban J connectivity index is 1.82. The van der Waals surface area contributed by atoms with E-state index in [9.17, 15) is 19.5 Å². The zero-order chi connectivity index (χ0) is 30.7. The molecular formula is C34H49N3O4S. The highest BCUT2D eigenvalue weighted by atomic mass is 32.2. The van der Waals surface area contributed by atoms with Crippen LogP contribution in [0.3, 0.4) is 0 Å². The number of aliphatic hydroxyl groups excluding tert-OH is 1. The second-order valence-corrected chi connectivity index (χ2v) is 14.4. The molecule has 7 nitrogen and oxygen atoms in total. The predicted octanol–water partition coefficient (Wildman–Crippen LogP) is 5.30. The fourth-order valence-corrected chi connectivity index (χ4v) is 9.92. The average molecular weight is 596 g/mol. The van der Waals surface area contributed by atoms with Gasteiger partial charge in [-0.25, -0.2) is 0 Å². The molecule has 42 heavy (non-hydrogen) atoms. The highest BCUT2D eigenvalue weighted by molar-refractivity contribution is 8.02. The molecule has 3 saturated heterocycles. The highest BCUT2D eigenvalue weighted by Gasteiger charge is 2.78. The molecule has 3 fully saturated rings. The van der Waals surface area contributed by atoms with E-state index in [1.807, 2.05) is 49.1 Å². The second kappa shape index (κ2) is 13.4. The molecule has 0 aliphatic carbocycles. The van der Waals surface area contributed by atoms with Gasteiger partial charge in [0.2, 0.25) is 17.7 Å². The van der Waals surface area contributed by atoms with Crippen molar-refractivity contribution < 1.29 is 19.5 Å². The van der Waals surface area contributed by atoms with Crippen LogP contribution in [0.25, 0.3) is 0 Å². The lowest BCUT2D eigenvalue weighted by Gasteiger charge is -2.41. The number of carbonyl (C=O) groups is 3. The van der Waals surface area contributed by atoms with Gasteiger partial charge in [-0.3, -0.25) is 14.4 Å². The third-order valence-corrected chi connectivity index (χ3v) is 11.9. The first-order chi connectivity index (χ1) is 20.1. The molecule has 0 saturated carbocycles. The molecule has 4 rings (SSSR count). The molecular weight excluding hydrogens is 546 g/mol. The summed E-state index contributed by atoms with van der Waals surface area (Å²) >= 11 is 1.68. The highest BCUT2D eigenvalue weighted by Crippen LogP contribution is 2.72. The van der Waals surface area contributed by atoms with E-state index in [0.29, 0.717) is 26.1 Å². The van der Waals surface area contributed by atoms with Crippen molar-refractivity contribution in [2.24, 2.45) is 17.8 Å². The number of rotatable bonds is 15. The molecule has 7 atom stereocenters. The monoisotopic (exact) mass is 595 g/mol. The number of nitrogens with zero attached hydrogens (tertiary/aromatic N) is 3. The van der Waals surface area contributed by atoms with Crippen LogP contribution < -0.4 is 4.90 Å². The van der Waals surface area contributed by atoms with Gasteiger partial charge in [-0.05, 0) is 44.2 Å². The standard InChI is InChI=1S/C34H49N3O4S/c1-7-11-15-22-35(20-8-2)32(41)29-34-19-18-33(6,42-34)27(28(34)31(40)37(29)26(23-38)24(5)10-4)30(39)36(21-9-3)25-16-13-12-14-17-25/h8-9,12-14,16-17,24,26-29,38H,2-3,7,10-11,15,18-23H2,1,4-6H3/t24-,26-,27-,28-,29?,33+,34?/m0/s1. The van der Waals surface area contributed by atoms with E-state index in [1.54, 1.807) is 33.7 Å². The molecule has 3 heterocycles. The lowest BCUT2D eigenvalue weighted by molar-refractivity contribution is -0.147. The second-order valence-electron chi connectivity index (χ2n) is 12.5. The van der Waals surface area contributed by atoms with Gasteiger partial charge in [-0.1, -0.05) is 70.4 Å². The summed E-state index contributed by atoms with van der Waals surface area (Å²) in [7, 11) is 0. The molecule has 1 aromatic carbocycles. The normalized spacial score (nSPS) is 29.2. The van der Waals surface area contributed by atoms with E-state index in [-0.39, 0.29) is 30.2 Å². The maximum absolute atomic E-state index is 14.7. The van der Waals surface area contributed by atoms with Crippen LogP contribution in [-0.4, -0.2) is 80.4 Å². The minimum atomic E-state index is -0.739. The Morgan fingerprint density at radius 3 is 2.40 bits per heavy atom. The number of hydrogen-bond donors (Lipinski definition) is 1. The molecule has 1 aromatic rings. The topological polar surface area (TPSA) is 81.2 Å². The summed E-state index contributed by atoms with van der Waals surface area (Å²) in [4.78, 5) is 49.3. The fourth-order valence-electron chi connectivity index (χ4n) is 7.59. The molecule has 1 spiro atoms. The summed E-state index contributed by atoms with van der Waals surface area (Å²) in [5, 5.41) is 10.7.